The van der Waals surface area contributed by atoms with Crippen molar-refractivity contribution in [1.82, 2.24) is 0 Å². The number of benzene rings is 3. The Kier molecular flexibility index (Phi) is 5.55. The maximum atomic E-state index is 13.1. The highest BCUT2D eigenvalue weighted by molar-refractivity contribution is 6.05. The molecule has 0 aromatic heterocycles. The third kappa shape index (κ3) is 4.00. The average molecular weight is 361 g/mol. The van der Waals surface area contributed by atoms with Crippen LogP contribution in [0.5, 0.6) is 5.75 Å². The fourth-order valence-electron chi connectivity index (χ4n) is 3.15. The highest BCUT2D eigenvalue weighted by atomic mass is 16.5. The van der Waals surface area contributed by atoms with Gasteiger partial charge in [0.25, 0.3) is 5.91 Å². The Hall–Kier alpha value is -3.14. The van der Waals surface area contributed by atoms with Gasteiger partial charge in [-0.05, 0) is 44.4 Å². The van der Waals surface area contributed by atoms with Crippen LogP contribution in [0.15, 0.2) is 66.7 Å². The van der Waals surface area contributed by atoms with E-state index in [1.165, 1.54) is 6.92 Å². The van der Waals surface area contributed by atoms with E-state index in [1.807, 2.05) is 49.4 Å². The molecule has 1 atom stereocenters. The molecule has 0 bridgehead atoms. The molecule has 0 saturated heterocycles. The lowest BCUT2D eigenvalue weighted by Gasteiger charge is -2.26. The maximum absolute atomic E-state index is 13.1. The van der Waals surface area contributed by atoms with Crippen molar-refractivity contribution in [2.45, 2.75) is 26.9 Å². The molecule has 0 N–H and O–H groups in total. The second-order valence-corrected chi connectivity index (χ2v) is 6.42. The lowest BCUT2D eigenvalue weighted by Crippen LogP contribution is -2.40. The predicted molar refractivity (Wildman–Crippen MR) is 109 cm³/mol. The van der Waals surface area contributed by atoms with Gasteiger partial charge in [0.05, 0.1) is 5.69 Å². The third-order valence-electron chi connectivity index (χ3n) is 4.54. The molecule has 3 aromatic rings. The summed E-state index contributed by atoms with van der Waals surface area (Å²) in [5, 5.41) is 2.12. The number of likely N-dealkylation sites (N-methyl/N-ethyl adjacent to an activating group) is 1. The summed E-state index contributed by atoms with van der Waals surface area (Å²) in [5.41, 5.74) is 1.43. The van der Waals surface area contributed by atoms with Crippen LogP contribution in [-0.4, -0.2) is 24.3 Å². The standard InChI is InChI=1S/C23H23NO3/c1-4-24(22-14-8-10-18-9-5-6-13-21(18)22)23(26)17(3)27-20-12-7-11-19(15-20)16(2)25/h5-15,17H,4H2,1-3H3. The number of anilines is 1. The van der Waals surface area contributed by atoms with Crippen molar-refractivity contribution in [3.8, 4) is 5.75 Å². The van der Waals surface area contributed by atoms with E-state index in [2.05, 4.69) is 0 Å². The van der Waals surface area contributed by atoms with Gasteiger partial charge in [0.15, 0.2) is 11.9 Å². The van der Waals surface area contributed by atoms with Crippen LogP contribution in [0.3, 0.4) is 0 Å². The molecule has 1 amide bonds. The molecular weight excluding hydrogens is 338 g/mol. The van der Waals surface area contributed by atoms with Gasteiger partial charge in [-0.15, -0.1) is 0 Å². The fourth-order valence-corrected chi connectivity index (χ4v) is 3.15. The molecule has 0 aliphatic heterocycles. The number of hydrogen-bond donors (Lipinski definition) is 0. The number of rotatable bonds is 6. The summed E-state index contributed by atoms with van der Waals surface area (Å²) in [7, 11) is 0. The number of fused-ring (bicyclic) bond motifs is 1. The summed E-state index contributed by atoms with van der Waals surface area (Å²) < 4.78 is 5.84. The number of ketones is 1. The lowest BCUT2D eigenvalue weighted by atomic mass is 10.1. The number of Topliss-reactive ketones (excluding diaryl/α,β-unsaturated/α-hetero) is 1. The van der Waals surface area contributed by atoms with E-state index in [9.17, 15) is 9.59 Å². The predicted octanol–water partition coefficient (Wildman–Crippen LogP) is 4.86. The molecule has 0 fully saturated rings. The van der Waals surface area contributed by atoms with Crippen molar-refractivity contribution < 1.29 is 14.3 Å². The smallest absolute Gasteiger partial charge is 0.267 e. The number of nitrogens with zero attached hydrogens (tertiary/aromatic N) is 1. The number of carbonyl (C=O) groups excluding carboxylic acids is 2. The van der Waals surface area contributed by atoms with Gasteiger partial charge < -0.3 is 9.64 Å². The molecule has 0 saturated carbocycles. The highest BCUT2D eigenvalue weighted by Gasteiger charge is 2.23. The van der Waals surface area contributed by atoms with E-state index in [1.54, 1.807) is 36.1 Å². The van der Waals surface area contributed by atoms with Gasteiger partial charge in [0, 0.05) is 17.5 Å². The van der Waals surface area contributed by atoms with Crippen molar-refractivity contribution in [2.75, 3.05) is 11.4 Å². The molecule has 3 rings (SSSR count). The Morgan fingerprint density at radius 3 is 2.44 bits per heavy atom. The topological polar surface area (TPSA) is 46.6 Å². The molecule has 0 aliphatic carbocycles. The zero-order valence-corrected chi connectivity index (χ0v) is 15.8. The van der Waals surface area contributed by atoms with Crippen molar-refractivity contribution in [3.05, 3.63) is 72.3 Å². The molecule has 0 aliphatic rings. The third-order valence-corrected chi connectivity index (χ3v) is 4.54. The second-order valence-electron chi connectivity index (χ2n) is 6.42. The number of amides is 1. The van der Waals surface area contributed by atoms with E-state index in [-0.39, 0.29) is 11.7 Å². The quantitative estimate of drug-likeness (QED) is 0.589. The minimum absolute atomic E-state index is 0.0367. The molecule has 138 valence electrons. The first-order valence-electron chi connectivity index (χ1n) is 9.08. The van der Waals surface area contributed by atoms with Gasteiger partial charge >= 0.3 is 0 Å². The van der Waals surface area contributed by atoms with Crippen LogP contribution in [0.4, 0.5) is 5.69 Å². The summed E-state index contributed by atoms with van der Waals surface area (Å²) >= 11 is 0. The first-order chi connectivity index (χ1) is 13.0. The van der Waals surface area contributed by atoms with Crippen LogP contribution in [-0.2, 0) is 4.79 Å². The van der Waals surface area contributed by atoms with Gasteiger partial charge in [-0.2, -0.15) is 0 Å². The molecule has 0 spiro atoms. The monoisotopic (exact) mass is 361 g/mol. The average Bonchev–Trinajstić information content (AvgIpc) is 2.68. The summed E-state index contributed by atoms with van der Waals surface area (Å²) in [5.74, 6) is 0.352. The van der Waals surface area contributed by atoms with E-state index in [4.69, 9.17) is 4.74 Å². The van der Waals surface area contributed by atoms with Gasteiger partial charge in [-0.25, -0.2) is 0 Å². The SMILES string of the molecule is CCN(C(=O)C(C)Oc1cccc(C(C)=O)c1)c1cccc2ccccc12. The largest absolute Gasteiger partial charge is 0.481 e. The molecule has 1 unspecified atom stereocenters. The zero-order valence-electron chi connectivity index (χ0n) is 15.8. The van der Waals surface area contributed by atoms with Crippen LogP contribution in [0.2, 0.25) is 0 Å². The van der Waals surface area contributed by atoms with Gasteiger partial charge in [0.2, 0.25) is 0 Å². The Bertz CT molecular complexity index is 975. The normalized spacial score (nSPS) is 11.8. The molecule has 0 heterocycles. The minimum atomic E-state index is -0.675. The minimum Gasteiger partial charge on any atom is -0.481 e. The van der Waals surface area contributed by atoms with Crippen LogP contribution in [0.25, 0.3) is 10.8 Å². The van der Waals surface area contributed by atoms with Crippen molar-refractivity contribution in [1.29, 1.82) is 0 Å². The Balaban J connectivity index is 1.86. The van der Waals surface area contributed by atoms with Gasteiger partial charge in [-0.3, -0.25) is 9.59 Å². The summed E-state index contributed by atoms with van der Waals surface area (Å²) in [6, 6.07) is 20.8. The summed E-state index contributed by atoms with van der Waals surface area (Å²) in [6.07, 6.45) is -0.675. The lowest BCUT2D eigenvalue weighted by molar-refractivity contribution is -0.124. The molecule has 4 nitrogen and oxygen atoms in total. The van der Waals surface area contributed by atoms with Crippen molar-refractivity contribution in [3.63, 3.8) is 0 Å². The Morgan fingerprint density at radius 2 is 1.70 bits per heavy atom. The molecule has 4 heteroatoms. The van der Waals surface area contributed by atoms with Crippen LogP contribution in [0, 0.1) is 0 Å². The number of ether oxygens (including phenoxy) is 1. The molecule has 3 aromatic carbocycles. The van der Waals surface area contributed by atoms with Crippen LogP contribution >= 0.6 is 0 Å². The Labute approximate surface area is 159 Å². The first-order valence-corrected chi connectivity index (χ1v) is 9.08. The maximum Gasteiger partial charge on any atom is 0.267 e. The van der Waals surface area contributed by atoms with E-state index in [0.717, 1.165) is 16.5 Å². The fraction of sp³-hybridized carbons (Fsp3) is 0.217. The zero-order chi connectivity index (χ0) is 19.4. The van der Waals surface area contributed by atoms with Crippen LogP contribution in [0.1, 0.15) is 31.1 Å². The first kappa shape index (κ1) is 18.6. The summed E-state index contributed by atoms with van der Waals surface area (Å²) in [4.78, 5) is 26.4. The molecule has 0 radical (unpaired) electrons. The van der Waals surface area contributed by atoms with Gasteiger partial charge in [-0.1, -0.05) is 48.5 Å². The van der Waals surface area contributed by atoms with E-state index < -0.39 is 6.10 Å². The summed E-state index contributed by atoms with van der Waals surface area (Å²) in [6.45, 7) is 5.72. The van der Waals surface area contributed by atoms with E-state index >= 15 is 0 Å². The van der Waals surface area contributed by atoms with Gasteiger partial charge in [0.1, 0.15) is 5.75 Å². The molecule has 27 heavy (non-hydrogen) atoms. The second kappa shape index (κ2) is 8.04. The number of hydrogen-bond acceptors (Lipinski definition) is 3. The van der Waals surface area contributed by atoms with Crippen LogP contribution < -0.4 is 9.64 Å². The highest BCUT2D eigenvalue weighted by Crippen LogP contribution is 2.27. The van der Waals surface area contributed by atoms with E-state index in [0.29, 0.717) is 17.9 Å². The van der Waals surface area contributed by atoms with Crippen molar-refractivity contribution >= 4 is 28.2 Å². The van der Waals surface area contributed by atoms with Crippen molar-refractivity contribution in [2.24, 2.45) is 0 Å². The number of carbonyl (C=O) groups is 2. The molecular formula is C23H23NO3. The Morgan fingerprint density at radius 1 is 1.00 bits per heavy atom.